The summed E-state index contributed by atoms with van der Waals surface area (Å²) in [5, 5.41) is 7.61. The maximum Gasteiger partial charge on any atom is 0.263 e. The Bertz CT molecular complexity index is 1340. The highest BCUT2D eigenvalue weighted by Gasteiger charge is 2.18. The number of sulfonamides is 1. The Morgan fingerprint density at radius 3 is 2.29 bits per heavy atom. The van der Waals surface area contributed by atoms with E-state index in [4.69, 9.17) is 4.42 Å². The summed E-state index contributed by atoms with van der Waals surface area (Å²) in [6, 6.07) is 15.8. The first-order chi connectivity index (χ1) is 13.2. The van der Waals surface area contributed by atoms with Gasteiger partial charge >= 0.3 is 0 Å². The Labute approximate surface area is 161 Å². The van der Waals surface area contributed by atoms with Crippen molar-refractivity contribution >= 4 is 36.6 Å². The van der Waals surface area contributed by atoms with Crippen molar-refractivity contribution in [3.63, 3.8) is 0 Å². The Hall–Kier alpha value is -3.11. The van der Waals surface area contributed by atoms with E-state index < -0.39 is 19.9 Å². The molecule has 2 aromatic heterocycles. The zero-order chi connectivity index (χ0) is 19.9. The van der Waals surface area contributed by atoms with Gasteiger partial charge in [-0.2, -0.15) is 5.10 Å². The van der Waals surface area contributed by atoms with Crippen LogP contribution in [0.25, 0.3) is 22.4 Å². The molecule has 0 saturated carbocycles. The van der Waals surface area contributed by atoms with Gasteiger partial charge in [0.2, 0.25) is 0 Å². The molecule has 10 heteroatoms. The molecule has 0 radical (unpaired) electrons. The number of furan rings is 1. The standard InChI is InChI=1S/C18H15N3O5S2/c1-27(22,23)13-6-8-14(9-7-13)28(24,25)21-18-11-15(19-20-18)17-10-12-4-2-3-5-16(12)26-17/h2-11H,1H3,(H2,19,20,21). The summed E-state index contributed by atoms with van der Waals surface area (Å²) in [6.45, 7) is 0. The predicted molar refractivity (Wildman–Crippen MR) is 104 cm³/mol. The van der Waals surface area contributed by atoms with E-state index in [0.29, 0.717) is 17.0 Å². The number of sulfone groups is 1. The van der Waals surface area contributed by atoms with Crippen molar-refractivity contribution in [3.8, 4) is 11.5 Å². The van der Waals surface area contributed by atoms with E-state index in [0.717, 1.165) is 11.6 Å². The Balaban J connectivity index is 1.59. The molecule has 0 aliphatic heterocycles. The second-order valence-corrected chi connectivity index (χ2v) is 9.86. The lowest BCUT2D eigenvalue weighted by Gasteiger charge is -2.06. The molecule has 0 aliphatic rings. The number of hydrogen-bond acceptors (Lipinski definition) is 6. The summed E-state index contributed by atoms with van der Waals surface area (Å²) in [5.74, 6) is 0.610. The highest BCUT2D eigenvalue weighted by Crippen LogP contribution is 2.28. The van der Waals surface area contributed by atoms with E-state index in [9.17, 15) is 16.8 Å². The minimum Gasteiger partial charge on any atom is -0.454 e. The number of fused-ring (bicyclic) bond motifs is 1. The van der Waals surface area contributed by atoms with Crippen molar-refractivity contribution in [1.29, 1.82) is 0 Å². The number of H-pyrrole nitrogens is 1. The minimum absolute atomic E-state index is 0.0402. The number of hydrogen-bond donors (Lipinski definition) is 2. The van der Waals surface area contributed by atoms with Crippen LogP contribution in [0.4, 0.5) is 5.82 Å². The molecule has 0 unspecified atom stereocenters. The van der Waals surface area contributed by atoms with Crippen LogP contribution in [-0.4, -0.2) is 33.3 Å². The third-order valence-electron chi connectivity index (χ3n) is 4.07. The zero-order valence-electron chi connectivity index (χ0n) is 14.6. The largest absolute Gasteiger partial charge is 0.454 e. The van der Waals surface area contributed by atoms with Crippen LogP contribution >= 0.6 is 0 Å². The number of anilines is 1. The molecule has 0 fully saturated rings. The Kier molecular flexibility index (Phi) is 4.24. The summed E-state index contributed by atoms with van der Waals surface area (Å²) >= 11 is 0. The first-order valence-electron chi connectivity index (χ1n) is 8.10. The molecule has 0 spiro atoms. The van der Waals surface area contributed by atoms with E-state index >= 15 is 0 Å². The number of aromatic amines is 1. The zero-order valence-corrected chi connectivity index (χ0v) is 16.2. The van der Waals surface area contributed by atoms with E-state index in [1.165, 1.54) is 30.3 Å². The van der Waals surface area contributed by atoms with Crippen LogP contribution < -0.4 is 4.72 Å². The summed E-state index contributed by atoms with van der Waals surface area (Å²) in [4.78, 5) is -0.0356. The van der Waals surface area contributed by atoms with Crippen LogP contribution in [0.1, 0.15) is 0 Å². The number of benzene rings is 2. The summed E-state index contributed by atoms with van der Waals surface area (Å²) in [7, 11) is -7.33. The summed E-state index contributed by atoms with van der Waals surface area (Å²) in [6.07, 6.45) is 1.05. The molecular formula is C18H15N3O5S2. The number of aromatic nitrogens is 2. The number of nitrogens with one attached hydrogen (secondary N) is 2. The molecule has 0 aliphatic carbocycles. The van der Waals surface area contributed by atoms with Gasteiger partial charge in [-0.15, -0.1) is 0 Å². The smallest absolute Gasteiger partial charge is 0.263 e. The maximum atomic E-state index is 12.5. The predicted octanol–water partition coefficient (Wildman–Crippen LogP) is 3.03. The van der Waals surface area contributed by atoms with Crippen molar-refractivity contribution in [2.45, 2.75) is 9.79 Å². The van der Waals surface area contributed by atoms with Gasteiger partial charge in [0, 0.05) is 17.7 Å². The van der Waals surface area contributed by atoms with Gasteiger partial charge in [-0.25, -0.2) is 16.8 Å². The van der Waals surface area contributed by atoms with Crippen molar-refractivity contribution < 1.29 is 21.3 Å². The molecular weight excluding hydrogens is 402 g/mol. The molecule has 4 aromatic rings. The third kappa shape index (κ3) is 3.51. The average molecular weight is 417 g/mol. The normalized spacial score (nSPS) is 12.3. The molecule has 2 N–H and O–H groups in total. The molecule has 0 amide bonds. The van der Waals surface area contributed by atoms with Gasteiger partial charge in [-0.05, 0) is 36.4 Å². The van der Waals surface area contributed by atoms with Crippen molar-refractivity contribution in [1.82, 2.24) is 10.2 Å². The van der Waals surface area contributed by atoms with E-state index in [-0.39, 0.29) is 15.6 Å². The van der Waals surface area contributed by atoms with Crippen LogP contribution in [0.5, 0.6) is 0 Å². The molecule has 4 rings (SSSR count). The van der Waals surface area contributed by atoms with Gasteiger partial charge in [-0.1, -0.05) is 18.2 Å². The first-order valence-corrected chi connectivity index (χ1v) is 11.5. The van der Waals surface area contributed by atoms with Crippen molar-refractivity contribution in [2.24, 2.45) is 0 Å². The SMILES string of the molecule is CS(=O)(=O)c1ccc(S(=O)(=O)Nc2cc(-c3cc4ccccc4o3)[nH]n2)cc1. The summed E-state index contributed by atoms with van der Waals surface area (Å²) in [5.41, 5.74) is 1.22. The van der Waals surface area contributed by atoms with Crippen LogP contribution in [0.2, 0.25) is 0 Å². The molecule has 144 valence electrons. The maximum absolute atomic E-state index is 12.5. The van der Waals surface area contributed by atoms with Crippen LogP contribution in [-0.2, 0) is 19.9 Å². The monoisotopic (exact) mass is 417 g/mol. The fourth-order valence-electron chi connectivity index (χ4n) is 2.68. The third-order valence-corrected chi connectivity index (χ3v) is 6.57. The van der Waals surface area contributed by atoms with Gasteiger partial charge in [0.1, 0.15) is 11.3 Å². The Morgan fingerprint density at radius 2 is 1.61 bits per heavy atom. The second kappa shape index (κ2) is 6.50. The molecule has 0 bridgehead atoms. The second-order valence-electron chi connectivity index (χ2n) is 6.16. The van der Waals surface area contributed by atoms with E-state index in [1.807, 2.05) is 30.3 Å². The lowest BCUT2D eigenvalue weighted by Crippen LogP contribution is -2.13. The first kappa shape index (κ1) is 18.3. The molecule has 2 heterocycles. The van der Waals surface area contributed by atoms with Crippen LogP contribution in [0.15, 0.2) is 74.9 Å². The van der Waals surface area contributed by atoms with E-state index in [2.05, 4.69) is 14.9 Å². The van der Waals surface area contributed by atoms with Gasteiger partial charge in [0.15, 0.2) is 21.4 Å². The summed E-state index contributed by atoms with van der Waals surface area (Å²) < 4.78 is 56.1. The molecule has 28 heavy (non-hydrogen) atoms. The number of rotatable bonds is 5. The van der Waals surface area contributed by atoms with Crippen LogP contribution in [0.3, 0.4) is 0 Å². The van der Waals surface area contributed by atoms with Gasteiger partial charge < -0.3 is 4.42 Å². The van der Waals surface area contributed by atoms with Gasteiger partial charge in [-0.3, -0.25) is 9.82 Å². The minimum atomic E-state index is -3.93. The van der Waals surface area contributed by atoms with E-state index in [1.54, 1.807) is 0 Å². The quantitative estimate of drug-likeness (QED) is 0.515. The Morgan fingerprint density at radius 1 is 0.929 bits per heavy atom. The van der Waals surface area contributed by atoms with Gasteiger partial charge in [0.25, 0.3) is 10.0 Å². The average Bonchev–Trinajstić information content (AvgIpc) is 3.27. The van der Waals surface area contributed by atoms with Crippen molar-refractivity contribution in [3.05, 3.63) is 60.7 Å². The molecule has 2 aromatic carbocycles. The highest BCUT2D eigenvalue weighted by atomic mass is 32.2. The molecule has 8 nitrogen and oxygen atoms in total. The number of para-hydroxylation sites is 1. The lowest BCUT2D eigenvalue weighted by molar-refractivity contribution is 0.597. The fraction of sp³-hybridized carbons (Fsp3) is 0.0556. The van der Waals surface area contributed by atoms with Gasteiger partial charge in [0.05, 0.1) is 9.79 Å². The topological polar surface area (TPSA) is 122 Å². The van der Waals surface area contributed by atoms with Crippen LogP contribution in [0, 0.1) is 0 Å². The van der Waals surface area contributed by atoms with Crippen molar-refractivity contribution in [2.75, 3.05) is 11.0 Å². The highest BCUT2D eigenvalue weighted by molar-refractivity contribution is 7.92. The number of nitrogens with zero attached hydrogens (tertiary/aromatic N) is 1. The fourth-order valence-corrected chi connectivity index (χ4v) is 4.30. The lowest BCUT2D eigenvalue weighted by atomic mass is 10.2. The molecule has 0 saturated heterocycles. The molecule has 0 atom stereocenters.